The molecule has 2 saturated heterocycles. The molecule has 0 amide bonds. The average molecular weight is 343 g/mol. The first kappa shape index (κ1) is 18.3. The maximum absolute atomic E-state index is 14.0. The highest BCUT2D eigenvalue weighted by Crippen LogP contribution is 2.35. The minimum Gasteiger partial charge on any atom is -0.301 e. The van der Waals surface area contributed by atoms with Crippen molar-refractivity contribution >= 4 is 16.4 Å². The highest BCUT2D eigenvalue weighted by atomic mass is 32.2. The third-order valence-electron chi connectivity index (χ3n) is 4.52. The van der Waals surface area contributed by atoms with Gasteiger partial charge in [0.1, 0.15) is 5.83 Å². The zero-order valence-electron chi connectivity index (χ0n) is 13.9. The second-order valence-electron chi connectivity index (χ2n) is 6.42. The Morgan fingerprint density at radius 1 is 1.22 bits per heavy atom. The first-order valence-corrected chi connectivity index (χ1v) is 9.48. The molecule has 2 rings (SSSR count). The predicted octanol–water partition coefficient (Wildman–Crippen LogP) is 2.54. The summed E-state index contributed by atoms with van der Waals surface area (Å²) in [7, 11) is -1.62. The molecule has 0 aromatic rings. The van der Waals surface area contributed by atoms with Crippen LogP contribution in [0.5, 0.6) is 0 Å². The fourth-order valence-corrected chi connectivity index (χ4v) is 4.47. The number of hydrogen-bond donors (Lipinski definition) is 0. The van der Waals surface area contributed by atoms with E-state index in [1.165, 1.54) is 14.7 Å². The predicted molar refractivity (Wildman–Crippen MR) is 91.4 cm³/mol. The second kappa shape index (κ2) is 7.68. The van der Waals surface area contributed by atoms with Crippen molar-refractivity contribution in [2.45, 2.75) is 32.6 Å². The molecule has 23 heavy (non-hydrogen) atoms. The van der Waals surface area contributed by atoms with Crippen molar-refractivity contribution in [3.05, 3.63) is 24.1 Å². The van der Waals surface area contributed by atoms with Gasteiger partial charge in [-0.3, -0.25) is 0 Å². The van der Waals surface area contributed by atoms with Gasteiger partial charge in [0, 0.05) is 45.9 Å². The minimum absolute atomic E-state index is 0.268. The van der Waals surface area contributed by atoms with Gasteiger partial charge >= 0.3 is 0 Å². The molecule has 0 atom stereocenters. The lowest BCUT2D eigenvalue weighted by Gasteiger charge is -2.41. The van der Waals surface area contributed by atoms with Gasteiger partial charge in [-0.15, -0.1) is 0 Å². The van der Waals surface area contributed by atoms with Gasteiger partial charge in [-0.1, -0.05) is 13.0 Å². The van der Waals surface area contributed by atoms with Crippen LogP contribution >= 0.6 is 0 Å². The maximum Gasteiger partial charge on any atom is 0.281 e. The molecular formula is C16H26FN3O2S. The van der Waals surface area contributed by atoms with Gasteiger partial charge in [0.2, 0.25) is 0 Å². The van der Waals surface area contributed by atoms with Crippen molar-refractivity contribution in [2.24, 2.45) is 10.4 Å². The lowest BCUT2D eigenvalue weighted by atomic mass is 9.80. The first-order valence-electron chi connectivity index (χ1n) is 8.08. The average Bonchev–Trinajstić information content (AvgIpc) is 2.41. The monoisotopic (exact) mass is 343 g/mol. The molecule has 0 bridgehead atoms. The van der Waals surface area contributed by atoms with Gasteiger partial charge in [0.15, 0.2) is 0 Å². The van der Waals surface area contributed by atoms with E-state index in [1.54, 1.807) is 25.4 Å². The summed E-state index contributed by atoms with van der Waals surface area (Å²) >= 11 is 0. The SMILES string of the molecule is CN=CCC=C/C(F)=C/C1(C)CCN(S(=O)(=O)N2CCC2)CC1. The van der Waals surface area contributed by atoms with Crippen molar-refractivity contribution in [3.63, 3.8) is 0 Å². The van der Waals surface area contributed by atoms with E-state index in [2.05, 4.69) is 4.99 Å². The molecular weight excluding hydrogens is 317 g/mol. The highest BCUT2D eigenvalue weighted by Gasteiger charge is 2.38. The normalized spacial score (nSPS) is 24.4. The Morgan fingerprint density at radius 3 is 2.35 bits per heavy atom. The summed E-state index contributed by atoms with van der Waals surface area (Å²) in [5, 5.41) is 0. The number of hydrogen-bond acceptors (Lipinski definition) is 3. The Hall–Kier alpha value is -1.05. The molecule has 130 valence electrons. The van der Waals surface area contributed by atoms with Gasteiger partial charge in [0.05, 0.1) is 0 Å². The van der Waals surface area contributed by atoms with Crippen molar-refractivity contribution in [1.82, 2.24) is 8.61 Å². The molecule has 0 N–H and O–H groups in total. The summed E-state index contributed by atoms with van der Waals surface area (Å²) in [6.07, 6.45) is 9.34. The van der Waals surface area contributed by atoms with E-state index in [0.717, 1.165) is 6.42 Å². The fraction of sp³-hybridized carbons (Fsp3) is 0.688. The van der Waals surface area contributed by atoms with E-state index in [9.17, 15) is 12.8 Å². The molecule has 0 aromatic heterocycles. The van der Waals surface area contributed by atoms with Crippen LogP contribution in [0.3, 0.4) is 0 Å². The number of rotatable bonds is 6. The molecule has 7 heteroatoms. The summed E-state index contributed by atoms with van der Waals surface area (Å²) in [5.74, 6) is -0.268. The smallest absolute Gasteiger partial charge is 0.281 e. The van der Waals surface area contributed by atoms with Gasteiger partial charge in [-0.25, -0.2) is 4.39 Å². The van der Waals surface area contributed by atoms with E-state index in [4.69, 9.17) is 0 Å². The largest absolute Gasteiger partial charge is 0.301 e. The molecule has 0 radical (unpaired) electrons. The lowest BCUT2D eigenvalue weighted by Crippen LogP contribution is -2.52. The van der Waals surface area contributed by atoms with Gasteiger partial charge in [0.25, 0.3) is 10.2 Å². The Bertz CT molecular complexity index is 586. The van der Waals surface area contributed by atoms with E-state index in [-0.39, 0.29) is 11.2 Å². The zero-order chi connectivity index (χ0) is 16.9. The van der Waals surface area contributed by atoms with Crippen molar-refractivity contribution in [3.8, 4) is 0 Å². The third-order valence-corrected chi connectivity index (χ3v) is 6.56. The Kier molecular flexibility index (Phi) is 6.11. The maximum atomic E-state index is 14.0. The van der Waals surface area contributed by atoms with E-state index in [0.29, 0.717) is 45.4 Å². The van der Waals surface area contributed by atoms with Gasteiger partial charge in [-0.05, 0) is 36.8 Å². The van der Waals surface area contributed by atoms with Gasteiger partial charge < -0.3 is 4.99 Å². The fourth-order valence-electron chi connectivity index (χ4n) is 2.78. The molecule has 5 nitrogen and oxygen atoms in total. The summed E-state index contributed by atoms with van der Waals surface area (Å²) in [5.41, 5.74) is -0.297. The second-order valence-corrected chi connectivity index (χ2v) is 8.35. The Balaban J connectivity index is 1.92. The van der Waals surface area contributed by atoms with E-state index >= 15 is 0 Å². The van der Waals surface area contributed by atoms with E-state index in [1.807, 2.05) is 6.92 Å². The van der Waals surface area contributed by atoms with Crippen LogP contribution in [0.4, 0.5) is 4.39 Å². The number of halogens is 1. The molecule has 0 unspecified atom stereocenters. The van der Waals surface area contributed by atoms with Crippen LogP contribution in [0.15, 0.2) is 29.0 Å². The third kappa shape index (κ3) is 4.71. The van der Waals surface area contributed by atoms with Crippen LogP contribution in [0.1, 0.15) is 32.6 Å². The molecule has 0 saturated carbocycles. The van der Waals surface area contributed by atoms with Crippen LogP contribution in [0.25, 0.3) is 0 Å². The molecule has 2 aliphatic heterocycles. The number of piperidine rings is 1. The molecule has 2 heterocycles. The van der Waals surface area contributed by atoms with Crippen LogP contribution in [0, 0.1) is 5.41 Å². The minimum atomic E-state index is -3.30. The molecule has 2 aliphatic rings. The summed E-state index contributed by atoms with van der Waals surface area (Å²) in [4.78, 5) is 3.83. The molecule has 0 spiro atoms. The number of allylic oxidation sites excluding steroid dienone is 4. The summed E-state index contributed by atoms with van der Waals surface area (Å²) in [6.45, 7) is 4.13. The number of aliphatic imine (C=N–C) groups is 1. The van der Waals surface area contributed by atoms with E-state index < -0.39 is 10.2 Å². The summed E-state index contributed by atoms with van der Waals surface area (Å²) < 4.78 is 41.7. The quantitative estimate of drug-likeness (QED) is 0.550. The number of nitrogens with zero attached hydrogens (tertiary/aromatic N) is 3. The molecule has 2 fully saturated rings. The summed E-state index contributed by atoms with van der Waals surface area (Å²) in [6, 6.07) is 0. The van der Waals surface area contributed by atoms with Crippen LogP contribution in [-0.2, 0) is 10.2 Å². The highest BCUT2D eigenvalue weighted by molar-refractivity contribution is 7.86. The van der Waals surface area contributed by atoms with Crippen molar-refractivity contribution in [2.75, 3.05) is 33.2 Å². The van der Waals surface area contributed by atoms with Crippen molar-refractivity contribution < 1.29 is 12.8 Å². The van der Waals surface area contributed by atoms with Crippen LogP contribution in [-0.4, -0.2) is 56.5 Å². The van der Waals surface area contributed by atoms with Crippen LogP contribution in [0.2, 0.25) is 0 Å². The molecule has 0 aliphatic carbocycles. The lowest BCUT2D eigenvalue weighted by molar-refractivity contribution is 0.200. The zero-order valence-corrected chi connectivity index (χ0v) is 14.7. The Morgan fingerprint density at radius 2 is 1.83 bits per heavy atom. The topological polar surface area (TPSA) is 53.0 Å². The van der Waals surface area contributed by atoms with Gasteiger partial charge in [-0.2, -0.15) is 17.0 Å². The first-order chi connectivity index (χ1) is 10.9. The molecule has 0 aromatic carbocycles. The standard InChI is InChI=1S/C16H26FN3O2S/c1-16(14-15(17)6-3-4-9-18-2)7-12-20(13-8-16)23(21,22)19-10-5-11-19/h3,6,9,14H,4-5,7-8,10-13H2,1-2H3/b6-3?,15-14-,18-9?. The Labute approximate surface area is 138 Å². The van der Waals surface area contributed by atoms with Crippen LogP contribution < -0.4 is 0 Å². The van der Waals surface area contributed by atoms with Crippen molar-refractivity contribution in [1.29, 1.82) is 0 Å².